The summed E-state index contributed by atoms with van der Waals surface area (Å²) in [6.45, 7) is 0. The second-order valence-corrected chi connectivity index (χ2v) is 7.23. The lowest BCUT2D eigenvalue weighted by Gasteiger charge is -2.09. The predicted octanol–water partition coefficient (Wildman–Crippen LogP) is 4.17. The summed E-state index contributed by atoms with van der Waals surface area (Å²) in [5.74, 6) is 1.04. The van der Waals surface area contributed by atoms with E-state index in [4.69, 9.17) is 9.47 Å². The van der Waals surface area contributed by atoms with Crippen molar-refractivity contribution in [3.05, 3.63) is 52.5 Å². The zero-order valence-electron chi connectivity index (χ0n) is 14.2. The fourth-order valence-electron chi connectivity index (χ4n) is 2.32. The van der Waals surface area contributed by atoms with Crippen LogP contribution in [-0.2, 0) is 11.2 Å². The number of rotatable bonds is 6. The molecule has 0 bridgehead atoms. The molecule has 0 saturated heterocycles. The summed E-state index contributed by atoms with van der Waals surface area (Å²) in [6, 6.07) is 13.1. The summed E-state index contributed by atoms with van der Waals surface area (Å²) in [5, 5.41) is 12.2. The van der Waals surface area contributed by atoms with Crippen LogP contribution >= 0.6 is 27.3 Å². The molecule has 0 aliphatic rings. The van der Waals surface area contributed by atoms with Crippen LogP contribution in [0.1, 0.15) is 5.56 Å². The van der Waals surface area contributed by atoms with Crippen LogP contribution in [0.2, 0.25) is 0 Å². The lowest BCUT2D eigenvalue weighted by Crippen LogP contribution is -2.14. The summed E-state index contributed by atoms with van der Waals surface area (Å²) in [7, 11) is 3.13. The highest BCUT2D eigenvalue weighted by Gasteiger charge is 2.12. The molecule has 1 heterocycles. The predicted molar refractivity (Wildman–Crippen MR) is 105 cm³/mol. The van der Waals surface area contributed by atoms with E-state index < -0.39 is 0 Å². The van der Waals surface area contributed by atoms with Gasteiger partial charge >= 0.3 is 0 Å². The van der Waals surface area contributed by atoms with Gasteiger partial charge in [0.25, 0.3) is 0 Å². The zero-order chi connectivity index (χ0) is 18.5. The van der Waals surface area contributed by atoms with Gasteiger partial charge < -0.3 is 14.8 Å². The number of carbonyl (C=O) groups excluding carboxylic acids is 1. The van der Waals surface area contributed by atoms with Crippen LogP contribution in [0.4, 0.5) is 5.13 Å². The van der Waals surface area contributed by atoms with Crippen LogP contribution in [0.15, 0.2) is 46.9 Å². The van der Waals surface area contributed by atoms with Crippen LogP contribution < -0.4 is 14.8 Å². The van der Waals surface area contributed by atoms with Crippen LogP contribution in [0.5, 0.6) is 11.5 Å². The summed E-state index contributed by atoms with van der Waals surface area (Å²) < 4.78 is 11.5. The monoisotopic (exact) mass is 433 g/mol. The summed E-state index contributed by atoms with van der Waals surface area (Å²) in [5.41, 5.74) is 1.77. The largest absolute Gasteiger partial charge is 0.493 e. The van der Waals surface area contributed by atoms with E-state index in [0.29, 0.717) is 16.6 Å². The van der Waals surface area contributed by atoms with Gasteiger partial charge in [-0.1, -0.05) is 45.5 Å². The summed E-state index contributed by atoms with van der Waals surface area (Å²) in [6.07, 6.45) is 0.202. The van der Waals surface area contributed by atoms with Gasteiger partial charge in [0.05, 0.1) is 20.6 Å². The van der Waals surface area contributed by atoms with Crippen molar-refractivity contribution in [2.24, 2.45) is 0 Å². The average molecular weight is 434 g/mol. The first-order chi connectivity index (χ1) is 12.6. The van der Waals surface area contributed by atoms with Gasteiger partial charge in [0, 0.05) is 10.0 Å². The topological polar surface area (TPSA) is 73.3 Å². The van der Waals surface area contributed by atoms with Crippen molar-refractivity contribution < 1.29 is 14.3 Å². The van der Waals surface area contributed by atoms with Crippen molar-refractivity contribution in [3.63, 3.8) is 0 Å². The van der Waals surface area contributed by atoms with E-state index in [-0.39, 0.29) is 12.3 Å². The first kappa shape index (κ1) is 18.3. The number of halogens is 1. The molecule has 0 aliphatic heterocycles. The third kappa shape index (κ3) is 4.39. The quantitative estimate of drug-likeness (QED) is 0.631. The standard InChI is InChI=1S/C18H16BrN3O3S/c1-24-14-8-3-11(9-15(14)25-2)10-16(23)20-18-22-21-17(26-18)12-4-6-13(19)7-5-12/h3-9H,10H2,1-2H3,(H,20,22,23). The molecule has 26 heavy (non-hydrogen) atoms. The molecule has 8 heteroatoms. The Bertz CT molecular complexity index is 912. The Morgan fingerprint density at radius 3 is 2.50 bits per heavy atom. The number of hydrogen-bond donors (Lipinski definition) is 1. The minimum Gasteiger partial charge on any atom is -0.493 e. The smallest absolute Gasteiger partial charge is 0.230 e. The molecule has 3 rings (SSSR count). The number of ether oxygens (including phenoxy) is 2. The third-order valence-electron chi connectivity index (χ3n) is 3.58. The van der Waals surface area contributed by atoms with Crippen LogP contribution in [0, 0.1) is 0 Å². The minimum absolute atomic E-state index is 0.171. The van der Waals surface area contributed by atoms with Gasteiger partial charge in [0.1, 0.15) is 5.01 Å². The molecule has 0 aliphatic carbocycles. The molecule has 0 fully saturated rings. The van der Waals surface area contributed by atoms with Crippen molar-refractivity contribution in [2.45, 2.75) is 6.42 Å². The summed E-state index contributed by atoms with van der Waals surface area (Å²) in [4.78, 5) is 12.3. The highest BCUT2D eigenvalue weighted by molar-refractivity contribution is 9.10. The number of nitrogens with zero attached hydrogens (tertiary/aromatic N) is 2. The maximum absolute atomic E-state index is 12.3. The Morgan fingerprint density at radius 2 is 1.81 bits per heavy atom. The van der Waals surface area contributed by atoms with Crippen molar-refractivity contribution in [3.8, 4) is 22.1 Å². The molecule has 3 aromatic rings. The first-order valence-corrected chi connectivity index (χ1v) is 9.30. The third-order valence-corrected chi connectivity index (χ3v) is 4.99. The number of methoxy groups -OCH3 is 2. The van der Waals surface area contributed by atoms with E-state index in [2.05, 4.69) is 31.4 Å². The maximum Gasteiger partial charge on any atom is 0.230 e. The van der Waals surface area contributed by atoms with Crippen molar-refractivity contribution in [1.29, 1.82) is 0 Å². The van der Waals surface area contributed by atoms with Crippen molar-refractivity contribution >= 4 is 38.3 Å². The van der Waals surface area contributed by atoms with E-state index in [1.807, 2.05) is 30.3 Å². The fraction of sp³-hybridized carbons (Fsp3) is 0.167. The Kier molecular flexibility index (Phi) is 5.85. The molecule has 0 unspecified atom stereocenters. The van der Waals surface area contributed by atoms with E-state index in [1.165, 1.54) is 11.3 Å². The normalized spacial score (nSPS) is 10.4. The second-order valence-electron chi connectivity index (χ2n) is 5.33. The number of aromatic nitrogens is 2. The number of hydrogen-bond acceptors (Lipinski definition) is 6. The number of nitrogens with one attached hydrogen (secondary N) is 1. The number of amides is 1. The zero-order valence-corrected chi connectivity index (χ0v) is 16.6. The van der Waals surface area contributed by atoms with E-state index >= 15 is 0 Å². The number of anilines is 1. The van der Waals surface area contributed by atoms with Crippen LogP contribution in [-0.4, -0.2) is 30.3 Å². The molecular formula is C18H16BrN3O3S. The molecule has 2 aromatic carbocycles. The van der Waals surface area contributed by atoms with Gasteiger partial charge in [-0.25, -0.2) is 0 Å². The van der Waals surface area contributed by atoms with Gasteiger partial charge in [0.2, 0.25) is 11.0 Å². The van der Waals surface area contributed by atoms with Gasteiger partial charge in [-0.2, -0.15) is 0 Å². The van der Waals surface area contributed by atoms with Crippen LogP contribution in [0.3, 0.4) is 0 Å². The maximum atomic E-state index is 12.3. The molecule has 0 atom stereocenters. The van der Waals surface area contributed by atoms with Crippen molar-refractivity contribution in [2.75, 3.05) is 19.5 Å². The molecule has 0 radical (unpaired) electrons. The molecule has 1 aromatic heterocycles. The highest BCUT2D eigenvalue weighted by Crippen LogP contribution is 2.29. The lowest BCUT2D eigenvalue weighted by atomic mass is 10.1. The highest BCUT2D eigenvalue weighted by atomic mass is 79.9. The fourth-order valence-corrected chi connectivity index (χ4v) is 3.35. The van der Waals surface area contributed by atoms with Gasteiger partial charge in [-0.05, 0) is 29.8 Å². The van der Waals surface area contributed by atoms with Gasteiger partial charge in [-0.15, -0.1) is 10.2 Å². The van der Waals surface area contributed by atoms with E-state index in [9.17, 15) is 4.79 Å². The lowest BCUT2D eigenvalue weighted by molar-refractivity contribution is -0.115. The Morgan fingerprint density at radius 1 is 1.08 bits per heavy atom. The molecule has 134 valence electrons. The molecule has 0 saturated carbocycles. The average Bonchev–Trinajstić information content (AvgIpc) is 3.10. The van der Waals surface area contributed by atoms with E-state index in [0.717, 1.165) is 20.6 Å². The number of carbonyl (C=O) groups is 1. The second kappa shape index (κ2) is 8.29. The van der Waals surface area contributed by atoms with Crippen LogP contribution in [0.25, 0.3) is 10.6 Å². The number of benzene rings is 2. The van der Waals surface area contributed by atoms with Gasteiger partial charge in [-0.3, -0.25) is 4.79 Å². The summed E-state index contributed by atoms with van der Waals surface area (Å²) >= 11 is 4.73. The van der Waals surface area contributed by atoms with E-state index in [1.54, 1.807) is 26.4 Å². The SMILES string of the molecule is COc1ccc(CC(=O)Nc2nnc(-c3ccc(Br)cc3)s2)cc1OC. The van der Waals surface area contributed by atoms with Gasteiger partial charge in [0.15, 0.2) is 11.5 Å². The molecule has 1 N–H and O–H groups in total. The molecule has 1 amide bonds. The Labute approximate surface area is 163 Å². The molecule has 6 nitrogen and oxygen atoms in total. The first-order valence-electron chi connectivity index (χ1n) is 7.69. The Hall–Kier alpha value is -2.45. The molecular weight excluding hydrogens is 418 g/mol. The minimum atomic E-state index is -0.171. The Balaban J connectivity index is 1.66. The molecule has 0 spiro atoms. The van der Waals surface area contributed by atoms with Crippen molar-refractivity contribution in [1.82, 2.24) is 10.2 Å².